The lowest BCUT2D eigenvalue weighted by atomic mass is 9.92. The molecule has 0 aromatic carbocycles. The van der Waals surface area contributed by atoms with Crippen molar-refractivity contribution >= 4 is 17.6 Å². The molecule has 6 nitrogen and oxygen atoms in total. The molecule has 1 N–H and O–H groups in total. The first-order valence-corrected chi connectivity index (χ1v) is 6.56. The highest BCUT2D eigenvalue weighted by Crippen LogP contribution is 2.27. The maximum Gasteiger partial charge on any atom is 0.307 e. The summed E-state index contributed by atoms with van der Waals surface area (Å²) in [5.74, 6) is 1.42. The van der Waals surface area contributed by atoms with Crippen LogP contribution in [0, 0.1) is 0 Å². The van der Waals surface area contributed by atoms with E-state index < -0.39 is 0 Å². The van der Waals surface area contributed by atoms with Crippen molar-refractivity contribution in [3.8, 4) is 0 Å². The van der Waals surface area contributed by atoms with Crippen LogP contribution in [0.4, 0.5) is 11.6 Å². The Kier molecular flexibility index (Phi) is 4.54. The minimum Gasteiger partial charge on any atom is -0.469 e. The summed E-state index contributed by atoms with van der Waals surface area (Å²) in [6.07, 6.45) is 5.63. The van der Waals surface area contributed by atoms with E-state index in [1.165, 1.54) is 26.4 Å². The van der Waals surface area contributed by atoms with Crippen LogP contribution >= 0.6 is 0 Å². The van der Waals surface area contributed by atoms with E-state index in [0.29, 0.717) is 19.0 Å². The van der Waals surface area contributed by atoms with Crippen molar-refractivity contribution in [1.82, 2.24) is 9.97 Å². The molecule has 0 unspecified atom stereocenters. The summed E-state index contributed by atoms with van der Waals surface area (Å²) in [5.41, 5.74) is 0. The van der Waals surface area contributed by atoms with Gasteiger partial charge in [0.1, 0.15) is 18.0 Å². The molecule has 0 amide bonds. The summed E-state index contributed by atoms with van der Waals surface area (Å²) in [4.78, 5) is 21.6. The third kappa shape index (κ3) is 3.56. The van der Waals surface area contributed by atoms with Gasteiger partial charge in [0.25, 0.3) is 0 Å². The third-order valence-corrected chi connectivity index (χ3v) is 3.50. The number of ether oxygens (including phenoxy) is 1. The van der Waals surface area contributed by atoms with Crippen LogP contribution in [0.25, 0.3) is 0 Å². The van der Waals surface area contributed by atoms with Crippen LogP contribution in [-0.4, -0.2) is 42.7 Å². The van der Waals surface area contributed by atoms with E-state index in [1.54, 1.807) is 6.33 Å². The van der Waals surface area contributed by atoms with Crippen molar-refractivity contribution < 1.29 is 9.53 Å². The topological polar surface area (TPSA) is 67.3 Å². The lowest BCUT2D eigenvalue weighted by Crippen LogP contribution is -2.37. The summed E-state index contributed by atoms with van der Waals surface area (Å²) in [5, 5.41) is 3.10. The van der Waals surface area contributed by atoms with E-state index in [-0.39, 0.29) is 5.97 Å². The highest BCUT2D eigenvalue weighted by molar-refractivity contribution is 5.69. The highest BCUT2D eigenvalue weighted by Gasteiger charge is 2.23. The van der Waals surface area contributed by atoms with E-state index in [9.17, 15) is 4.79 Å². The van der Waals surface area contributed by atoms with E-state index in [4.69, 9.17) is 0 Å². The molecule has 0 radical (unpaired) electrons. The largest absolute Gasteiger partial charge is 0.469 e. The normalized spacial score (nSPS) is 14.6. The van der Waals surface area contributed by atoms with Gasteiger partial charge in [0, 0.05) is 25.7 Å². The van der Waals surface area contributed by atoms with Gasteiger partial charge in [-0.2, -0.15) is 0 Å². The third-order valence-electron chi connectivity index (χ3n) is 3.50. The predicted molar refractivity (Wildman–Crippen MR) is 73.2 cm³/mol. The van der Waals surface area contributed by atoms with Gasteiger partial charge in [-0.05, 0) is 19.3 Å². The Labute approximate surface area is 113 Å². The van der Waals surface area contributed by atoms with Crippen LogP contribution in [0.15, 0.2) is 12.4 Å². The summed E-state index contributed by atoms with van der Waals surface area (Å²) in [6, 6.07) is 2.51. The predicted octanol–water partition coefficient (Wildman–Crippen LogP) is 1.44. The fourth-order valence-corrected chi connectivity index (χ4v) is 1.99. The smallest absolute Gasteiger partial charge is 0.307 e. The molecule has 6 heteroatoms. The number of hydrogen-bond donors (Lipinski definition) is 1. The van der Waals surface area contributed by atoms with Gasteiger partial charge in [-0.25, -0.2) is 9.97 Å². The zero-order valence-corrected chi connectivity index (χ0v) is 11.4. The lowest BCUT2D eigenvalue weighted by molar-refractivity contribution is -0.140. The molecule has 1 heterocycles. The van der Waals surface area contributed by atoms with Crippen molar-refractivity contribution in [2.24, 2.45) is 0 Å². The second-order valence-electron chi connectivity index (χ2n) is 4.71. The van der Waals surface area contributed by atoms with Gasteiger partial charge in [-0.3, -0.25) is 4.79 Å². The van der Waals surface area contributed by atoms with E-state index in [0.717, 1.165) is 11.6 Å². The summed E-state index contributed by atoms with van der Waals surface area (Å²) in [6.45, 7) is 0.510. The number of nitrogens with one attached hydrogen (secondary N) is 1. The number of methoxy groups -OCH3 is 1. The molecule has 1 aliphatic carbocycles. The Morgan fingerprint density at radius 3 is 2.95 bits per heavy atom. The molecular formula is C13H20N4O2. The van der Waals surface area contributed by atoms with E-state index in [2.05, 4.69) is 32.0 Å². The molecule has 2 rings (SSSR count). The Morgan fingerprint density at radius 1 is 1.53 bits per heavy atom. The Morgan fingerprint density at radius 2 is 2.32 bits per heavy atom. The Hall–Kier alpha value is -1.85. The quantitative estimate of drug-likeness (QED) is 0.784. The molecular weight excluding hydrogens is 244 g/mol. The number of carbonyl (C=O) groups excluding carboxylic acids is 1. The van der Waals surface area contributed by atoms with Gasteiger partial charge in [-0.1, -0.05) is 0 Å². The first kappa shape index (κ1) is 13.6. The van der Waals surface area contributed by atoms with E-state index in [1.807, 2.05) is 6.07 Å². The van der Waals surface area contributed by atoms with Crippen LogP contribution in [-0.2, 0) is 9.53 Å². The fourth-order valence-electron chi connectivity index (χ4n) is 1.99. The maximum atomic E-state index is 11.0. The monoisotopic (exact) mass is 264 g/mol. The maximum absolute atomic E-state index is 11.0. The van der Waals surface area contributed by atoms with Gasteiger partial charge in [0.15, 0.2) is 0 Å². The molecule has 1 fully saturated rings. The van der Waals surface area contributed by atoms with Crippen LogP contribution in [0.5, 0.6) is 0 Å². The summed E-state index contributed by atoms with van der Waals surface area (Å²) in [7, 11) is 3.45. The second kappa shape index (κ2) is 6.36. The van der Waals surface area contributed by atoms with E-state index >= 15 is 0 Å². The standard InChI is InChI=1S/C13H20N4O2/c1-17(10-4-3-5-10)12-8-11(15-9-16-12)14-7-6-13(18)19-2/h8-10H,3-7H2,1-2H3,(H,14,15,16). The SMILES string of the molecule is COC(=O)CCNc1cc(N(C)C2CCC2)ncn1. The number of rotatable bonds is 6. The lowest BCUT2D eigenvalue weighted by Gasteiger charge is -2.35. The number of nitrogens with zero attached hydrogens (tertiary/aromatic N) is 3. The molecule has 1 aromatic heterocycles. The number of aromatic nitrogens is 2. The van der Waals surface area contributed by atoms with Crippen LogP contribution in [0.1, 0.15) is 25.7 Å². The molecule has 0 atom stereocenters. The highest BCUT2D eigenvalue weighted by atomic mass is 16.5. The molecule has 0 bridgehead atoms. The number of carbonyl (C=O) groups is 1. The molecule has 1 aromatic rings. The zero-order chi connectivity index (χ0) is 13.7. The van der Waals surface area contributed by atoms with Crippen molar-refractivity contribution in [2.75, 3.05) is 30.9 Å². The molecule has 1 saturated carbocycles. The number of anilines is 2. The molecule has 0 spiro atoms. The minimum absolute atomic E-state index is 0.228. The first-order valence-electron chi connectivity index (χ1n) is 6.56. The van der Waals surface area contributed by atoms with Crippen LogP contribution < -0.4 is 10.2 Å². The van der Waals surface area contributed by atoms with Crippen LogP contribution in [0.3, 0.4) is 0 Å². The van der Waals surface area contributed by atoms with Gasteiger partial charge in [-0.15, -0.1) is 0 Å². The summed E-state index contributed by atoms with van der Waals surface area (Å²) < 4.78 is 4.58. The van der Waals surface area contributed by atoms with Crippen LogP contribution in [0.2, 0.25) is 0 Å². The molecule has 104 valence electrons. The molecule has 0 aliphatic heterocycles. The zero-order valence-electron chi connectivity index (χ0n) is 11.4. The molecule has 0 saturated heterocycles. The average molecular weight is 264 g/mol. The molecule has 1 aliphatic rings. The van der Waals surface area contributed by atoms with Gasteiger partial charge in [0.05, 0.1) is 13.5 Å². The van der Waals surface area contributed by atoms with Gasteiger partial charge < -0.3 is 15.0 Å². The first-order chi connectivity index (χ1) is 9.20. The van der Waals surface area contributed by atoms with Gasteiger partial charge in [0.2, 0.25) is 0 Å². The van der Waals surface area contributed by atoms with Crippen molar-refractivity contribution in [2.45, 2.75) is 31.7 Å². The fraction of sp³-hybridized carbons (Fsp3) is 0.615. The second-order valence-corrected chi connectivity index (χ2v) is 4.71. The van der Waals surface area contributed by atoms with Crippen molar-refractivity contribution in [3.63, 3.8) is 0 Å². The Balaban J connectivity index is 1.89. The number of hydrogen-bond acceptors (Lipinski definition) is 6. The average Bonchev–Trinajstić information content (AvgIpc) is 2.37. The number of esters is 1. The summed E-state index contributed by atoms with van der Waals surface area (Å²) >= 11 is 0. The van der Waals surface area contributed by atoms with Gasteiger partial charge >= 0.3 is 5.97 Å². The molecule has 19 heavy (non-hydrogen) atoms. The van der Waals surface area contributed by atoms with Crippen molar-refractivity contribution in [1.29, 1.82) is 0 Å². The Bertz CT molecular complexity index is 434. The van der Waals surface area contributed by atoms with Crippen molar-refractivity contribution in [3.05, 3.63) is 12.4 Å². The minimum atomic E-state index is -0.228.